The van der Waals surface area contributed by atoms with Crippen LogP contribution in [0, 0.1) is 11.6 Å². The van der Waals surface area contributed by atoms with Gasteiger partial charge in [0.1, 0.15) is 23.0 Å². The first-order valence-corrected chi connectivity index (χ1v) is 10.2. The average molecular weight is 486 g/mol. The summed E-state index contributed by atoms with van der Waals surface area (Å²) < 4.78 is 93.4. The van der Waals surface area contributed by atoms with Crippen molar-refractivity contribution in [3.63, 3.8) is 0 Å². The number of alkyl halides is 5. The highest BCUT2D eigenvalue weighted by molar-refractivity contribution is 5.59. The molecule has 0 bridgehead atoms. The van der Waals surface area contributed by atoms with Crippen molar-refractivity contribution in [2.75, 3.05) is 10.6 Å². The number of nitrogens with one attached hydrogen (secondary N) is 2. The van der Waals surface area contributed by atoms with Crippen LogP contribution >= 0.6 is 0 Å². The first-order chi connectivity index (χ1) is 16.0. The lowest BCUT2D eigenvalue weighted by Crippen LogP contribution is -2.32. The molecule has 4 rings (SSSR count). The van der Waals surface area contributed by atoms with Crippen LogP contribution in [0.15, 0.2) is 36.4 Å². The highest BCUT2D eigenvalue weighted by atomic mass is 19.4. The smallest absolute Gasteiger partial charge is 0.351 e. The summed E-state index contributed by atoms with van der Waals surface area (Å²) in [5.74, 6) is -5.13. The molecule has 0 atom stereocenters. The number of hydrogen-bond donors (Lipinski definition) is 2. The zero-order chi connectivity index (χ0) is 24.5. The first kappa shape index (κ1) is 23.6. The third-order valence-corrected chi connectivity index (χ3v) is 5.07. The summed E-state index contributed by atoms with van der Waals surface area (Å²) in [7, 11) is 0. The molecule has 1 aromatic carbocycles. The number of aromatic nitrogens is 4. The van der Waals surface area contributed by atoms with Crippen LogP contribution in [-0.2, 0) is 6.18 Å². The van der Waals surface area contributed by atoms with Gasteiger partial charge in [-0.3, -0.25) is 0 Å². The maximum absolute atomic E-state index is 13.6. The van der Waals surface area contributed by atoms with Crippen molar-refractivity contribution in [2.24, 2.45) is 0 Å². The van der Waals surface area contributed by atoms with Crippen molar-refractivity contribution < 1.29 is 30.7 Å². The highest BCUT2D eigenvalue weighted by Gasteiger charge is 2.35. The third-order valence-electron chi connectivity index (χ3n) is 5.07. The molecule has 34 heavy (non-hydrogen) atoms. The highest BCUT2D eigenvalue weighted by Crippen LogP contribution is 2.34. The van der Waals surface area contributed by atoms with E-state index >= 15 is 0 Å². The summed E-state index contributed by atoms with van der Waals surface area (Å²) in [4.78, 5) is 15.8. The Morgan fingerprint density at radius 3 is 2.15 bits per heavy atom. The lowest BCUT2D eigenvalue weighted by Gasteiger charge is -2.28. The molecule has 1 saturated carbocycles. The van der Waals surface area contributed by atoms with Crippen molar-refractivity contribution in [1.29, 1.82) is 0 Å². The van der Waals surface area contributed by atoms with Crippen LogP contribution in [0.3, 0.4) is 0 Å². The number of anilines is 3. The molecule has 180 valence electrons. The molecule has 1 aliphatic rings. The van der Waals surface area contributed by atoms with Crippen LogP contribution in [0.1, 0.15) is 31.4 Å². The quantitative estimate of drug-likeness (QED) is 0.434. The molecule has 0 saturated heterocycles. The van der Waals surface area contributed by atoms with E-state index in [1.807, 2.05) is 0 Å². The minimum absolute atomic E-state index is 0.0603. The van der Waals surface area contributed by atoms with Gasteiger partial charge in [-0.2, -0.15) is 28.1 Å². The summed E-state index contributed by atoms with van der Waals surface area (Å²) in [6.45, 7) is 0. The molecule has 0 unspecified atom stereocenters. The number of nitrogens with zero attached hydrogens (tertiary/aromatic N) is 4. The van der Waals surface area contributed by atoms with Gasteiger partial charge in [-0.05, 0) is 37.1 Å². The van der Waals surface area contributed by atoms with E-state index in [0.717, 1.165) is 24.3 Å². The Bertz CT molecular complexity index is 1150. The molecule has 13 heteroatoms. The van der Waals surface area contributed by atoms with Crippen molar-refractivity contribution >= 4 is 17.6 Å². The van der Waals surface area contributed by atoms with E-state index in [2.05, 4.69) is 30.6 Å². The second-order valence-electron chi connectivity index (χ2n) is 7.77. The SMILES string of the molecule is Fc1cc(F)cc(Nc2nc(NC3CCC(F)(F)CC3)nc(-c3cccc(C(F)(F)F)n3)n2)c1. The molecular formula is C21H17F7N6. The fraction of sp³-hybridized carbons (Fsp3) is 0.333. The summed E-state index contributed by atoms with van der Waals surface area (Å²) in [6.07, 6.45) is -5.16. The molecule has 0 radical (unpaired) electrons. The fourth-order valence-electron chi connectivity index (χ4n) is 3.45. The van der Waals surface area contributed by atoms with Gasteiger partial charge in [0.15, 0.2) is 5.82 Å². The number of halogens is 7. The van der Waals surface area contributed by atoms with Crippen molar-refractivity contribution in [1.82, 2.24) is 19.9 Å². The number of rotatable bonds is 5. The second kappa shape index (κ2) is 9.03. The van der Waals surface area contributed by atoms with Crippen molar-refractivity contribution in [3.8, 4) is 11.5 Å². The molecule has 2 aromatic heterocycles. The molecule has 2 N–H and O–H groups in total. The lowest BCUT2D eigenvalue weighted by molar-refractivity contribution is -0.141. The van der Waals surface area contributed by atoms with Gasteiger partial charge in [0, 0.05) is 30.6 Å². The molecule has 1 fully saturated rings. The second-order valence-corrected chi connectivity index (χ2v) is 7.77. The van der Waals surface area contributed by atoms with E-state index in [9.17, 15) is 30.7 Å². The Kier molecular flexibility index (Phi) is 6.28. The van der Waals surface area contributed by atoms with Crippen LogP contribution in [-0.4, -0.2) is 31.9 Å². The van der Waals surface area contributed by atoms with Crippen molar-refractivity contribution in [3.05, 3.63) is 53.7 Å². The van der Waals surface area contributed by atoms with E-state index in [4.69, 9.17) is 0 Å². The van der Waals surface area contributed by atoms with Crippen LogP contribution in [0.2, 0.25) is 0 Å². The standard InChI is InChI=1S/C21H17F7N6/c22-11-8-12(23)10-14(9-11)30-19-33-17(15-2-1-3-16(31-15)21(26,27)28)32-18(34-19)29-13-4-6-20(24,25)7-5-13/h1-3,8-10,13H,4-7H2,(H2,29,30,32,33,34). The van der Waals surface area contributed by atoms with E-state index in [0.29, 0.717) is 6.07 Å². The van der Waals surface area contributed by atoms with Gasteiger partial charge in [0.25, 0.3) is 0 Å². The Balaban J connectivity index is 1.69. The minimum Gasteiger partial charge on any atom is -0.351 e. The molecule has 1 aliphatic carbocycles. The predicted octanol–water partition coefficient (Wildman–Crippen LogP) is 5.96. The third kappa shape index (κ3) is 5.88. The summed E-state index contributed by atoms with van der Waals surface area (Å²) in [6, 6.07) is 5.32. The van der Waals surface area contributed by atoms with Gasteiger partial charge in [-0.15, -0.1) is 0 Å². The monoisotopic (exact) mass is 486 g/mol. The van der Waals surface area contributed by atoms with Crippen molar-refractivity contribution in [2.45, 2.75) is 43.8 Å². The molecule has 6 nitrogen and oxygen atoms in total. The number of pyridine rings is 1. The fourth-order valence-corrected chi connectivity index (χ4v) is 3.45. The first-order valence-electron chi connectivity index (χ1n) is 10.2. The number of benzene rings is 1. The summed E-state index contributed by atoms with van der Waals surface area (Å²) in [5.41, 5.74) is -1.46. The van der Waals surface area contributed by atoms with Gasteiger partial charge in [0.05, 0.1) is 0 Å². The van der Waals surface area contributed by atoms with Crippen LogP contribution in [0.5, 0.6) is 0 Å². The maximum Gasteiger partial charge on any atom is 0.433 e. The van der Waals surface area contributed by atoms with E-state index in [1.165, 1.54) is 6.07 Å². The Morgan fingerprint density at radius 1 is 0.853 bits per heavy atom. The average Bonchev–Trinajstić information content (AvgIpc) is 2.74. The lowest BCUT2D eigenvalue weighted by atomic mass is 9.92. The largest absolute Gasteiger partial charge is 0.433 e. The van der Waals surface area contributed by atoms with Gasteiger partial charge >= 0.3 is 6.18 Å². The van der Waals surface area contributed by atoms with E-state index in [1.54, 1.807) is 0 Å². The predicted molar refractivity (Wildman–Crippen MR) is 109 cm³/mol. The van der Waals surface area contributed by atoms with Gasteiger partial charge in [0.2, 0.25) is 17.8 Å². The Morgan fingerprint density at radius 2 is 1.50 bits per heavy atom. The minimum atomic E-state index is -4.71. The van der Waals surface area contributed by atoms with Gasteiger partial charge in [-0.1, -0.05) is 6.07 Å². The van der Waals surface area contributed by atoms with E-state index in [-0.39, 0.29) is 54.8 Å². The van der Waals surface area contributed by atoms with Crippen LogP contribution in [0.4, 0.5) is 48.3 Å². The van der Waals surface area contributed by atoms with E-state index < -0.39 is 35.5 Å². The zero-order valence-corrected chi connectivity index (χ0v) is 17.3. The van der Waals surface area contributed by atoms with Gasteiger partial charge < -0.3 is 10.6 Å². The van der Waals surface area contributed by atoms with Crippen LogP contribution < -0.4 is 10.6 Å². The molecular weight excluding hydrogens is 469 g/mol. The zero-order valence-electron chi connectivity index (χ0n) is 17.3. The summed E-state index contributed by atoms with van der Waals surface area (Å²) >= 11 is 0. The molecule has 2 heterocycles. The normalized spacial score (nSPS) is 16.3. The summed E-state index contributed by atoms with van der Waals surface area (Å²) in [5, 5.41) is 5.47. The molecule has 0 aliphatic heterocycles. The Labute approximate surface area is 188 Å². The molecule has 0 spiro atoms. The van der Waals surface area contributed by atoms with Crippen LogP contribution in [0.25, 0.3) is 11.5 Å². The Hall–Kier alpha value is -3.51. The topological polar surface area (TPSA) is 75.6 Å². The molecule has 3 aromatic rings. The van der Waals surface area contributed by atoms with Gasteiger partial charge in [-0.25, -0.2) is 22.5 Å². The maximum atomic E-state index is 13.6. The molecule has 0 amide bonds. The number of hydrogen-bond acceptors (Lipinski definition) is 6.